The topological polar surface area (TPSA) is 90.2 Å². The van der Waals surface area contributed by atoms with Gasteiger partial charge in [0, 0.05) is 25.0 Å². The SMILES string of the molecule is O=C(OCc1ccccc1)N1CC(O)C(c2ccc(O)cc2)C(CO)C1. The van der Waals surface area contributed by atoms with E-state index in [-0.39, 0.29) is 37.3 Å². The molecule has 0 radical (unpaired) electrons. The molecule has 1 fully saturated rings. The zero-order valence-electron chi connectivity index (χ0n) is 14.4. The van der Waals surface area contributed by atoms with E-state index in [0.717, 1.165) is 11.1 Å². The number of likely N-dealkylation sites (tertiary alicyclic amines) is 1. The number of phenols is 1. The standard InChI is InChI=1S/C20H23NO5/c22-12-16-10-21(20(25)26-13-14-4-2-1-3-5-14)11-18(24)19(16)15-6-8-17(23)9-7-15/h1-9,16,18-19,22-24H,10-13H2. The minimum atomic E-state index is -0.824. The van der Waals surface area contributed by atoms with Crippen LogP contribution in [0.2, 0.25) is 0 Å². The van der Waals surface area contributed by atoms with Gasteiger partial charge in [0.1, 0.15) is 12.4 Å². The van der Waals surface area contributed by atoms with E-state index in [0.29, 0.717) is 6.54 Å². The number of carbonyl (C=O) groups is 1. The first-order valence-corrected chi connectivity index (χ1v) is 8.62. The van der Waals surface area contributed by atoms with E-state index in [2.05, 4.69) is 0 Å². The van der Waals surface area contributed by atoms with Crippen LogP contribution >= 0.6 is 0 Å². The third kappa shape index (κ3) is 4.15. The maximum Gasteiger partial charge on any atom is 0.410 e. The predicted octanol–water partition coefficient (Wildman–Crippen LogP) is 2.10. The van der Waals surface area contributed by atoms with Gasteiger partial charge >= 0.3 is 6.09 Å². The second-order valence-electron chi connectivity index (χ2n) is 6.57. The quantitative estimate of drug-likeness (QED) is 0.780. The van der Waals surface area contributed by atoms with Crippen LogP contribution < -0.4 is 0 Å². The zero-order chi connectivity index (χ0) is 18.5. The van der Waals surface area contributed by atoms with Gasteiger partial charge in [-0.3, -0.25) is 0 Å². The van der Waals surface area contributed by atoms with Crippen molar-refractivity contribution in [2.45, 2.75) is 18.6 Å². The lowest BCUT2D eigenvalue weighted by atomic mass is 9.79. The molecule has 3 atom stereocenters. The summed E-state index contributed by atoms with van der Waals surface area (Å²) in [5.41, 5.74) is 1.71. The Bertz CT molecular complexity index is 719. The number of phenolic OH excluding ortho intramolecular Hbond substituents is 1. The predicted molar refractivity (Wildman–Crippen MR) is 95.6 cm³/mol. The molecule has 1 heterocycles. The molecule has 0 aliphatic carbocycles. The average molecular weight is 357 g/mol. The van der Waals surface area contributed by atoms with Crippen LogP contribution in [0, 0.1) is 5.92 Å². The third-order valence-corrected chi connectivity index (χ3v) is 4.76. The second-order valence-corrected chi connectivity index (χ2v) is 6.57. The summed E-state index contributed by atoms with van der Waals surface area (Å²) in [7, 11) is 0. The number of hydrogen-bond acceptors (Lipinski definition) is 5. The fourth-order valence-corrected chi connectivity index (χ4v) is 3.45. The first kappa shape index (κ1) is 18.2. The Hall–Kier alpha value is -2.57. The van der Waals surface area contributed by atoms with Crippen molar-refractivity contribution >= 4 is 6.09 Å². The van der Waals surface area contributed by atoms with Gasteiger partial charge in [0.15, 0.2) is 0 Å². The highest BCUT2D eigenvalue weighted by Crippen LogP contribution is 2.34. The molecule has 2 aromatic carbocycles. The Morgan fingerprint density at radius 1 is 1.08 bits per heavy atom. The molecule has 3 unspecified atom stereocenters. The highest BCUT2D eigenvalue weighted by atomic mass is 16.6. The number of hydrogen-bond donors (Lipinski definition) is 3. The van der Waals surface area contributed by atoms with Crippen LogP contribution in [0.3, 0.4) is 0 Å². The zero-order valence-corrected chi connectivity index (χ0v) is 14.4. The summed E-state index contributed by atoms with van der Waals surface area (Å²) in [5.74, 6) is -0.475. The molecule has 0 bridgehead atoms. The lowest BCUT2D eigenvalue weighted by Crippen LogP contribution is -2.51. The number of carbonyl (C=O) groups excluding carboxylic acids is 1. The van der Waals surface area contributed by atoms with Crippen molar-refractivity contribution in [2.24, 2.45) is 5.92 Å². The summed E-state index contributed by atoms with van der Waals surface area (Å²) in [6.45, 7) is 0.435. The molecule has 6 nitrogen and oxygen atoms in total. The molecule has 3 rings (SSSR count). The van der Waals surface area contributed by atoms with Crippen LogP contribution in [-0.2, 0) is 11.3 Å². The van der Waals surface area contributed by atoms with Crippen molar-refractivity contribution in [3.63, 3.8) is 0 Å². The molecule has 1 aliphatic heterocycles. The maximum atomic E-state index is 12.3. The summed E-state index contributed by atoms with van der Waals surface area (Å²) >= 11 is 0. The molecule has 1 amide bonds. The molecule has 0 saturated carbocycles. The van der Waals surface area contributed by atoms with Gasteiger partial charge in [-0.2, -0.15) is 0 Å². The third-order valence-electron chi connectivity index (χ3n) is 4.76. The van der Waals surface area contributed by atoms with E-state index in [1.165, 1.54) is 4.90 Å². The summed E-state index contributed by atoms with van der Waals surface area (Å²) in [4.78, 5) is 13.8. The lowest BCUT2D eigenvalue weighted by molar-refractivity contribution is -0.00405. The van der Waals surface area contributed by atoms with E-state index in [1.807, 2.05) is 30.3 Å². The highest BCUT2D eigenvalue weighted by molar-refractivity contribution is 5.68. The highest BCUT2D eigenvalue weighted by Gasteiger charge is 2.38. The van der Waals surface area contributed by atoms with Gasteiger partial charge in [-0.25, -0.2) is 4.79 Å². The van der Waals surface area contributed by atoms with Gasteiger partial charge in [-0.1, -0.05) is 42.5 Å². The van der Waals surface area contributed by atoms with E-state index in [4.69, 9.17) is 4.74 Å². The number of ether oxygens (including phenoxy) is 1. The van der Waals surface area contributed by atoms with Crippen LogP contribution in [0.25, 0.3) is 0 Å². The molecule has 3 N–H and O–H groups in total. The van der Waals surface area contributed by atoms with Crippen LogP contribution in [0.1, 0.15) is 17.0 Å². The summed E-state index contributed by atoms with van der Waals surface area (Å²) in [5, 5.41) is 29.8. The normalized spacial score (nSPS) is 22.8. The van der Waals surface area contributed by atoms with Crippen molar-refractivity contribution < 1.29 is 24.9 Å². The number of rotatable bonds is 4. The van der Waals surface area contributed by atoms with Gasteiger partial charge < -0.3 is 25.0 Å². The number of aliphatic hydroxyl groups is 2. The molecule has 2 aromatic rings. The van der Waals surface area contributed by atoms with Gasteiger partial charge in [-0.15, -0.1) is 0 Å². The summed E-state index contributed by atoms with van der Waals surface area (Å²) < 4.78 is 5.33. The first-order chi connectivity index (χ1) is 12.6. The number of aliphatic hydroxyl groups excluding tert-OH is 2. The van der Waals surface area contributed by atoms with Crippen molar-refractivity contribution in [1.29, 1.82) is 0 Å². The number of aromatic hydroxyl groups is 1. The van der Waals surface area contributed by atoms with Gasteiger partial charge in [0.05, 0.1) is 12.6 Å². The average Bonchev–Trinajstić information content (AvgIpc) is 2.67. The van der Waals surface area contributed by atoms with E-state index in [9.17, 15) is 20.1 Å². The molecular weight excluding hydrogens is 334 g/mol. The maximum absolute atomic E-state index is 12.3. The van der Waals surface area contributed by atoms with Crippen LogP contribution in [0.4, 0.5) is 4.79 Å². The van der Waals surface area contributed by atoms with Crippen LogP contribution in [0.15, 0.2) is 54.6 Å². The fourth-order valence-electron chi connectivity index (χ4n) is 3.45. The summed E-state index contributed by atoms with van der Waals surface area (Å²) in [6.07, 6.45) is -1.33. The van der Waals surface area contributed by atoms with Crippen molar-refractivity contribution in [2.75, 3.05) is 19.7 Å². The number of benzene rings is 2. The molecule has 138 valence electrons. The lowest BCUT2D eigenvalue weighted by Gasteiger charge is -2.40. The minimum Gasteiger partial charge on any atom is -0.508 e. The molecule has 6 heteroatoms. The molecule has 1 saturated heterocycles. The van der Waals surface area contributed by atoms with E-state index < -0.39 is 12.2 Å². The van der Waals surface area contributed by atoms with Crippen LogP contribution in [0.5, 0.6) is 5.75 Å². The number of β-amino-alcohol motifs (C(OH)–C–C–N with tert-alkyl or cyclic N) is 1. The van der Waals surface area contributed by atoms with Crippen molar-refractivity contribution in [1.82, 2.24) is 4.90 Å². The Morgan fingerprint density at radius 3 is 2.42 bits per heavy atom. The van der Waals surface area contributed by atoms with Gasteiger partial charge in [0.25, 0.3) is 0 Å². The smallest absolute Gasteiger partial charge is 0.410 e. The monoisotopic (exact) mass is 357 g/mol. The number of nitrogens with zero attached hydrogens (tertiary/aromatic N) is 1. The Balaban J connectivity index is 1.65. The largest absolute Gasteiger partial charge is 0.508 e. The number of amides is 1. The first-order valence-electron chi connectivity index (χ1n) is 8.62. The van der Waals surface area contributed by atoms with E-state index in [1.54, 1.807) is 24.3 Å². The molecular formula is C20H23NO5. The Kier molecular flexibility index (Phi) is 5.75. The summed E-state index contributed by atoms with van der Waals surface area (Å²) in [6, 6.07) is 15.9. The molecule has 0 spiro atoms. The Morgan fingerprint density at radius 2 is 1.77 bits per heavy atom. The van der Waals surface area contributed by atoms with Gasteiger partial charge in [-0.05, 0) is 23.3 Å². The van der Waals surface area contributed by atoms with Crippen molar-refractivity contribution in [3.8, 4) is 5.75 Å². The van der Waals surface area contributed by atoms with Crippen LogP contribution in [-0.4, -0.2) is 52.1 Å². The molecule has 26 heavy (non-hydrogen) atoms. The van der Waals surface area contributed by atoms with Gasteiger partial charge in [0.2, 0.25) is 0 Å². The van der Waals surface area contributed by atoms with Crippen molar-refractivity contribution in [3.05, 3.63) is 65.7 Å². The second kappa shape index (κ2) is 8.21. The van der Waals surface area contributed by atoms with E-state index >= 15 is 0 Å². The molecule has 0 aromatic heterocycles. The number of piperidine rings is 1. The minimum absolute atomic E-state index is 0.135. The molecule has 1 aliphatic rings. The Labute approximate surface area is 152 Å². The fraction of sp³-hybridized carbons (Fsp3) is 0.350.